The molecule has 0 atom stereocenters. The number of carbonyl (C=O) groups excluding carboxylic acids is 2. The third-order valence-electron chi connectivity index (χ3n) is 4.41. The van der Waals surface area contributed by atoms with Gasteiger partial charge in [0, 0.05) is 0 Å². The van der Waals surface area contributed by atoms with Crippen LogP contribution in [0, 0.1) is 10.8 Å². The Balaban J connectivity index is 2.80. The normalized spacial score (nSPS) is 11.9. The standard InChI is InChI=1S/C22H34O4/c1-7-13-21(3,4)15-25-19(23)17-11-9-10-12-18(17)20(24)26-16-22(5,6)14-8-2/h9-12H,7-8,13-16H2,1-6H3. The molecule has 0 unspecified atom stereocenters. The molecular formula is C22H34O4. The molecule has 0 saturated carbocycles. The van der Waals surface area contributed by atoms with Crippen LogP contribution in [0.5, 0.6) is 0 Å². The van der Waals surface area contributed by atoms with E-state index in [1.54, 1.807) is 24.3 Å². The number of ether oxygens (including phenoxy) is 2. The maximum absolute atomic E-state index is 12.5. The Kier molecular flexibility index (Phi) is 8.32. The molecule has 0 heterocycles. The zero-order valence-corrected chi connectivity index (χ0v) is 17.2. The molecule has 0 fully saturated rings. The molecule has 1 aromatic carbocycles. The second-order valence-electron chi connectivity index (χ2n) is 8.53. The first-order valence-electron chi connectivity index (χ1n) is 9.55. The highest BCUT2D eigenvalue weighted by atomic mass is 16.5. The van der Waals surface area contributed by atoms with Gasteiger partial charge in [0.25, 0.3) is 0 Å². The van der Waals surface area contributed by atoms with Crippen LogP contribution < -0.4 is 0 Å². The van der Waals surface area contributed by atoms with Gasteiger partial charge in [-0.1, -0.05) is 66.5 Å². The van der Waals surface area contributed by atoms with Gasteiger partial charge in [-0.15, -0.1) is 0 Å². The summed E-state index contributed by atoms with van der Waals surface area (Å²) in [6.45, 7) is 13.1. The topological polar surface area (TPSA) is 52.6 Å². The lowest BCUT2D eigenvalue weighted by Crippen LogP contribution is -2.24. The van der Waals surface area contributed by atoms with E-state index in [0.29, 0.717) is 13.2 Å². The monoisotopic (exact) mass is 362 g/mol. The van der Waals surface area contributed by atoms with Crippen LogP contribution in [0.25, 0.3) is 0 Å². The van der Waals surface area contributed by atoms with Crippen molar-refractivity contribution in [2.75, 3.05) is 13.2 Å². The molecule has 0 aromatic heterocycles. The summed E-state index contributed by atoms with van der Waals surface area (Å²) >= 11 is 0. The molecule has 146 valence electrons. The lowest BCUT2D eigenvalue weighted by Gasteiger charge is -2.24. The summed E-state index contributed by atoms with van der Waals surface area (Å²) in [5.41, 5.74) is 0.366. The van der Waals surface area contributed by atoms with Crippen LogP contribution in [-0.4, -0.2) is 25.2 Å². The lowest BCUT2D eigenvalue weighted by molar-refractivity contribution is 0.0283. The second kappa shape index (κ2) is 9.75. The van der Waals surface area contributed by atoms with Gasteiger partial charge >= 0.3 is 11.9 Å². The molecule has 0 radical (unpaired) electrons. The number of benzene rings is 1. The van der Waals surface area contributed by atoms with Crippen molar-refractivity contribution in [3.63, 3.8) is 0 Å². The van der Waals surface area contributed by atoms with Crippen molar-refractivity contribution in [3.8, 4) is 0 Å². The minimum absolute atomic E-state index is 0.0793. The predicted octanol–water partition coefficient (Wildman–Crippen LogP) is 5.65. The smallest absolute Gasteiger partial charge is 0.339 e. The van der Waals surface area contributed by atoms with E-state index in [9.17, 15) is 9.59 Å². The van der Waals surface area contributed by atoms with Gasteiger partial charge < -0.3 is 9.47 Å². The van der Waals surface area contributed by atoms with Gasteiger partial charge in [0.1, 0.15) is 0 Å². The highest BCUT2D eigenvalue weighted by molar-refractivity contribution is 6.03. The molecule has 4 heteroatoms. The van der Waals surface area contributed by atoms with Crippen molar-refractivity contribution in [3.05, 3.63) is 35.4 Å². The average Bonchev–Trinajstić information content (AvgIpc) is 2.57. The van der Waals surface area contributed by atoms with Crippen molar-refractivity contribution >= 4 is 11.9 Å². The largest absolute Gasteiger partial charge is 0.462 e. The molecule has 0 spiro atoms. The Morgan fingerprint density at radius 1 is 0.769 bits per heavy atom. The minimum atomic E-state index is -0.477. The van der Waals surface area contributed by atoms with Crippen molar-refractivity contribution in [2.24, 2.45) is 10.8 Å². The highest BCUT2D eigenvalue weighted by Gasteiger charge is 2.25. The van der Waals surface area contributed by atoms with Crippen molar-refractivity contribution < 1.29 is 19.1 Å². The fraction of sp³-hybridized carbons (Fsp3) is 0.636. The summed E-state index contributed by atoms with van der Waals surface area (Å²) in [5.74, 6) is -0.955. The summed E-state index contributed by atoms with van der Waals surface area (Å²) in [6, 6.07) is 6.68. The van der Waals surface area contributed by atoms with Gasteiger partial charge in [-0.25, -0.2) is 9.59 Å². The van der Waals surface area contributed by atoms with Crippen LogP contribution in [0.1, 0.15) is 87.9 Å². The van der Waals surface area contributed by atoms with Crippen molar-refractivity contribution in [1.29, 1.82) is 0 Å². The van der Waals surface area contributed by atoms with Crippen LogP contribution in [0.2, 0.25) is 0 Å². The molecule has 0 N–H and O–H groups in total. The van der Waals surface area contributed by atoms with Gasteiger partial charge in [-0.05, 0) is 35.8 Å². The SMILES string of the molecule is CCCC(C)(C)COC(=O)c1ccccc1C(=O)OCC(C)(C)CCC. The number of hydrogen-bond acceptors (Lipinski definition) is 4. The summed E-state index contributed by atoms with van der Waals surface area (Å²) in [6.07, 6.45) is 4.00. The second-order valence-corrected chi connectivity index (χ2v) is 8.53. The minimum Gasteiger partial charge on any atom is -0.462 e. The Hall–Kier alpha value is -1.84. The molecule has 26 heavy (non-hydrogen) atoms. The summed E-state index contributed by atoms with van der Waals surface area (Å²) < 4.78 is 10.9. The molecule has 0 saturated heterocycles. The van der Waals surface area contributed by atoms with Crippen LogP contribution in [0.4, 0.5) is 0 Å². The molecule has 1 aromatic rings. The summed E-state index contributed by atoms with van der Waals surface area (Å²) in [7, 11) is 0. The van der Waals surface area contributed by atoms with Crippen LogP contribution >= 0.6 is 0 Å². The zero-order valence-electron chi connectivity index (χ0n) is 17.2. The molecule has 0 amide bonds. The van der Waals surface area contributed by atoms with E-state index in [1.165, 1.54) is 0 Å². The summed E-state index contributed by atoms with van der Waals surface area (Å²) in [5, 5.41) is 0. The van der Waals surface area contributed by atoms with Crippen LogP contribution in [-0.2, 0) is 9.47 Å². The number of hydrogen-bond donors (Lipinski definition) is 0. The maximum Gasteiger partial charge on any atom is 0.339 e. The van der Waals surface area contributed by atoms with Crippen molar-refractivity contribution in [1.82, 2.24) is 0 Å². The number of esters is 2. The van der Waals surface area contributed by atoms with Crippen molar-refractivity contribution in [2.45, 2.75) is 67.2 Å². The first-order valence-corrected chi connectivity index (χ1v) is 9.55. The maximum atomic E-state index is 12.5. The zero-order chi connectivity index (χ0) is 19.8. The van der Waals surface area contributed by atoms with Gasteiger partial charge in [0.15, 0.2) is 0 Å². The quantitative estimate of drug-likeness (QED) is 0.504. The van der Waals surface area contributed by atoms with Crippen LogP contribution in [0.3, 0.4) is 0 Å². The van der Waals surface area contributed by atoms with E-state index in [0.717, 1.165) is 25.7 Å². The number of rotatable bonds is 10. The molecule has 0 aliphatic carbocycles. The fourth-order valence-electron chi connectivity index (χ4n) is 3.01. The van der Waals surface area contributed by atoms with E-state index in [1.807, 2.05) is 0 Å². The summed E-state index contributed by atoms with van der Waals surface area (Å²) in [4.78, 5) is 25.0. The van der Waals surface area contributed by atoms with E-state index in [-0.39, 0.29) is 22.0 Å². The Morgan fingerprint density at radius 3 is 1.42 bits per heavy atom. The molecule has 0 aliphatic heterocycles. The van der Waals surface area contributed by atoms with E-state index in [2.05, 4.69) is 41.5 Å². The third kappa shape index (κ3) is 7.19. The average molecular weight is 363 g/mol. The predicted molar refractivity (Wildman–Crippen MR) is 104 cm³/mol. The molecule has 0 bridgehead atoms. The van der Waals surface area contributed by atoms with E-state index in [4.69, 9.17) is 9.47 Å². The Morgan fingerprint density at radius 2 is 1.12 bits per heavy atom. The molecular weight excluding hydrogens is 328 g/mol. The van der Waals surface area contributed by atoms with Crippen LogP contribution in [0.15, 0.2) is 24.3 Å². The highest BCUT2D eigenvalue weighted by Crippen LogP contribution is 2.25. The van der Waals surface area contributed by atoms with Gasteiger partial charge in [0.05, 0.1) is 24.3 Å². The third-order valence-corrected chi connectivity index (χ3v) is 4.41. The first-order chi connectivity index (χ1) is 12.1. The first kappa shape index (κ1) is 22.2. The van der Waals surface area contributed by atoms with Gasteiger partial charge in [0.2, 0.25) is 0 Å². The van der Waals surface area contributed by atoms with Gasteiger partial charge in [-0.2, -0.15) is 0 Å². The van der Waals surface area contributed by atoms with E-state index < -0.39 is 11.9 Å². The van der Waals surface area contributed by atoms with E-state index >= 15 is 0 Å². The fourth-order valence-corrected chi connectivity index (χ4v) is 3.01. The lowest BCUT2D eigenvalue weighted by atomic mass is 9.89. The van der Waals surface area contributed by atoms with Gasteiger partial charge in [-0.3, -0.25) is 0 Å². The Labute approximate surface area is 158 Å². The molecule has 0 aliphatic rings. The Bertz CT molecular complexity index is 549. The number of carbonyl (C=O) groups is 2. The molecule has 4 nitrogen and oxygen atoms in total. The molecule has 1 rings (SSSR count).